The summed E-state index contributed by atoms with van der Waals surface area (Å²) in [7, 11) is 0. The van der Waals surface area contributed by atoms with Crippen LogP contribution in [0.2, 0.25) is 0 Å². The minimum absolute atomic E-state index is 0.388. The average Bonchev–Trinajstić information content (AvgIpc) is 2.85. The summed E-state index contributed by atoms with van der Waals surface area (Å²) in [5.41, 5.74) is 0. The third-order valence-electron chi connectivity index (χ3n) is 2.61. The van der Waals surface area contributed by atoms with Crippen molar-refractivity contribution in [3.63, 3.8) is 0 Å². The Balaban J connectivity index is 1.83. The highest BCUT2D eigenvalue weighted by Crippen LogP contribution is 2.35. The van der Waals surface area contributed by atoms with Crippen LogP contribution in [0.25, 0.3) is 0 Å². The van der Waals surface area contributed by atoms with Crippen LogP contribution in [-0.4, -0.2) is 18.5 Å². The molecule has 0 amide bonds. The summed E-state index contributed by atoms with van der Waals surface area (Å²) in [4.78, 5) is 0. The van der Waals surface area contributed by atoms with Crippen LogP contribution in [0, 0.1) is 11.8 Å². The fraction of sp³-hybridized carbons (Fsp3) is 1.00. The standard InChI is InChI=1S/C11H22ClN/c1-9(2)4-3-7-13-8-11(12)10-5-6-10/h9-11,13H,3-8H2,1-2H3. The lowest BCUT2D eigenvalue weighted by molar-refractivity contribution is 0.520. The van der Waals surface area contributed by atoms with E-state index in [4.69, 9.17) is 11.6 Å². The number of hydrogen-bond donors (Lipinski definition) is 1. The first-order valence-electron chi connectivity index (χ1n) is 5.55. The van der Waals surface area contributed by atoms with Crippen molar-refractivity contribution >= 4 is 11.6 Å². The molecule has 13 heavy (non-hydrogen) atoms. The van der Waals surface area contributed by atoms with E-state index in [-0.39, 0.29) is 0 Å². The van der Waals surface area contributed by atoms with E-state index in [1.54, 1.807) is 0 Å². The van der Waals surface area contributed by atoms with E-state index >= 15 is 0 Å². The van der Waals surface area contributed by atoms with E-state index in [1.807, 2.05) is 0 Å². The summed E-state index contributed by atoms with van der Waals surface area (Å²) in [5.74, 6) is 1.65. The van der Waals surface area contributed by atoms with Gasteiger partial charge in [-0.1, -0.05) is 13.8 Å². The zero-order valence-corrected chi connectivity index (χ0v) is 9.61. The SMILES string of the molecule is CC(C)CCCNCC(Cl)C1CC1. The second kappa shape index (κ2) is 5.87. The summed E-state index contributed by atoms with van der Waals surface area (Å²) < 4.78 is 0. The number of rotatable bonds is 7. The number of nitrogens with one attached hydrogen (secondary N) is 1. The van der Waals surface area contributed by atoms with Crippen LogP contribution in [0.5, 0.6) is 0 Å². The molecular formula is C11H22ClN. The van der Waals surface area contributed by atoms with Crippen LogP contribution < -0.4 is 5.32 Å². The van der Waals surface area contributed by atoms with Crippen molar-refractivity contribution in [3.8, 4) is 0 Å². The maximum Gasteiger partial charge on any atom is 0.0488 e. The average molecular weight is 204 g/mol. The van der Waals surface area contributed by atoms with Crippen LogP contribution in [-0.2, 0) is 0 Å². The molecule has 0 radical (unpaired) electrons. The van der Waals surface area contributed by atoms with Crippen LogP contribution in [0.4, 0.5) is 0 Å². The third-order valence-corrected chi connectivity index (χ3v) is 3.12. The first-order chi connectivity index (χ1) is 6.20. The van der Waals surface area contributed by atoms with Crippen LogP contribution in [0.15, 0.2) is 0 Å². The second-order valence-electron chi connectivity index (χ2n) is 4.59. The van der Waals surface area contributed by atoms with Gasteiger partial charge in [0.1, 0.15) is 0 Å². The largest absolute Gasteiger partial charge is 0.315 e. The van der Waals surface area contributed by atoms with Gasteiger partial charge in [-0.25, -0.2) is 0 Å². The molecule has 78 valence electrons. The Morgan fingerprint density at radius 2 is 2.08 bits per heavy atom. The molecule has 1 N–H and O–H groups in total. The third kappa shape index (κ3) is 5.53. The Bertz CT molecular complexity index is 132. The van der Waals surface area contributed by atoms with Gasteiger partial charge in [-0.05, 0) is 44.1 Å². The molecule has 0 heterocycles. The van der Waals surface area contributed by atoms with Crippen molar-refractivity contribution < 1.29 is 0 Å². The molecule has 1 nitrogen and oxygen atoms in total. The van der Waals surface area contributed by atoms with Crippen LogP contribution >= 0.6 is 11.6 Å². The molecule has 1 fully saturated rings. The molecule has 2 heteroatoms. The molecule has 1 rings (SSSR count). The molecule has 1 aliphatic carbocycles. The van der Waals surface area contributed by atoms with E-state index < -0.39 is 0 Å². The Morgan fingerprint density at radius 1 is 1.38 bits per heavy atom. The van der Waals surface area contributed by atoms with Crippen molar-refractivity contribution in [2.75, 3.05) is 13.1 Å². The maximum absolute atomic E-state index is 6.16. The van der Waals surface area contributed by atoms with Gasteiger partial charge in [0.2, 0.25) is 0 Å². The van der Waals surface area contributed by atoms with E-state index in [1.165, 1.54) is 25.7 Å². The lowest BCUT2D eigenvalue weighted by atomic mass is 10.1. The summed E-state index contributed by atoms with van der Waals surface area (Å²) in [6.45, 7) is 6.68. The molecular weight excluding hydrogens is 182 g/mol. The Kier molecular flexibility index (Phi) is 5.12. The van der Waals surface area contributed by atoms with Gasteiger partial charge in [0.15, 0.2) is 0 Å². The van der Waals surface area contributed by atoms with Gasteiger partial charge in [-0.2, -0.15) is 0 Å². The fourth-order valence-electron chi connectivity index (χ4n) is 1.50. The van der Waals surface area contributed by atoms with Crippen LogP contribution in [0.3, 0.4) is 0 Å². The topological polar surface area (TPSA) is 12.0 Å². The molecule has 0 aromatic carbocycles. The normalized spacial score (nSPS) is 19.4. The first-order valence-corrected chi connectivity index (χ1v) is 5.98. The highest BCUT2D eigenvalue weighted by molar-refractivity contribution is 6.21. The molecule has 0 saturated heterocycles. The molecule has 0 spiro atoms. The van der Waals surface area contributed by atoms with Gasteiger partial charge < -0.3 is 5.32 Å². The van der Waals surface area contributed by atoms with Gasteiger partial charge in [0.25, 0.3) is 0 Å². The lowest BCUT2D eigenvalue weighted by Crippen LogP contribution is -2.25. The zero-order valence-electron chi connectivity index (χ0n) is 8.85. The van der Waals surface area contributed by atoms with E-state index in [0.29, 0.717) is 5.38 Å². The van der Waals surface area contributed by atoms with Crippen molar-refractivity contribution in [2.24, 2.45) is 11.8 Å². The molecule has 1 aliphatic rings. The van der Waals surface area contributed by atoms with E-state index in [9.17, 15) is 0 Å². The number of alkyl halides is 1. The summed E-state index contributed by atoms with van der Waals surface area (Å²) in [6, 6.07) is 0. The van der Waals surface area contributed by atoms with E-state index in [2.05, 4.69) is 19.2 Å². The Hall–Kier alpha value is 0.250. The zero-order chi connectivity index (χ0) is 9.68. The highest BCUT2D eigenvalue weighted by atomic mass is 35.5. The molecule has 1 unspecified atom stereocenters. The molecule has 1 atom stereocenters. The van der Waals surface area contributed by atoms with E-state index in [0.717, 1.165) is 24.9 Å². The highest BCUT2D eigenvalue weighted by Gasteiger charge is 2.28. The monoisotopic (exact) mass is 203 g/mol. The summed E-state index contributed by atoms with van der Waals surface area (Å²) in [5, 5.41) is 3.82. The molecule has 0 aromatic heterocycles. The quantitative estimate of drug-likeness (QED) is 0.496. The second-order valence-corrected chi connectivity index (χ2v) is 5.15. The fourth-order valence-corrected chi connectivity index (χ4v) is 1.86. The predicted octanol–water partition coefficient (Wildman–Crippen LogP) is 3.03. The lowest BCUT2D eigenvalue weighted by Gasteiger charge is -2.10. The van der Waals surface area contributed by atoms with Crippen molar-refractivity contribution in [2.45, 2.75) is 44.9 Å². The number of hydrogen-bond acceptors (Lipinski definition) is 1. The smallest absolute Gasteiger partial charge is 0.0488 e. The molecule has 1 saturated carbocycles. The Labute approximate surface area is 87.2 Å². The van der Waals surface area contributed by atoms with Crippen molar-refractivity contribution in [1.29, 1.82) is 0 Å². The Morgan fingerprint density at radius 3 is 2.62 bits per heavy atom. The molecule has 0 aliphatic heterocycles. The predicted molar refractivity (Wildman–Crippen MR) is 59.3 cm³/mol. The van der Waals surface area contributed by atoms with Crippen molar-refractivity contribution in [1.82, 2.24) is 5.32 Å². The number of halogens is 1. The first kappa shape index (κ1) is 11.3. The van der Waals surface area contributed by atoms with Gasteiger partial charge in [-0.3, -0.25) is 0 Å². The van der Waals surface area contributed by atoms with Gasteiger partial charge in [0, 0.05) is 11.9 Å². The maximum atomic E-state index is 6.16. The van der Waals surface area contributed by atoms with Gasteiger partial charge in [0.05, 0.1) is 0 Å². The van der Waals surface area contributed by atoms with Gasteiger partial charge in [-0.15, -0.1) is 11.6 Å². The minimum atomic E-state index is 0.388. The summed E-state index contributed by atoms with van der Waals surface area (Å²) >= 11 is 6.16. The summed E-state index contributed by atoms with van der Waals surface area (Å²) in [6.07, 6.45) is 5.30. The van der Waals surface area contributed by atoms with Gasteiger partial charge >= 0.3 is 0 Å². The van der Waals surface area contributed by atoms with Crippen molar-refractivity contribution in [3.05, 3.63) is 0 Å². The molecule has 0 aromatic rings. The minimum Gasteiger partial charge on any atom is -0.315 e. The van der Waals surface area contributed by atoms with Crippen LogP contribution in [0.1, 0.15) is 39.5 Å². The molecule has 0 bridgehead atoms.